The third-order valence-corrected chi connectivity index (χ3v) is 3.46. The molecule has 1 unspecified atom stereocenters. The van der Waals surface area contributed by atoms with E-state index in [2.05, 4.69) is 68.0 Å². The Kier molecular flexibility index (Phi) is 7.03. The van der Waals surface area contributed by atoms with Gasteiger partial charge >= 0.3 is 0 Å². The van der Waals surface area contributed by atoms with Crippen molar-refractivity contribution < 1.29 is 0 Å². The molecule has 0 aromatic carbocycles. The van der Waals surface area contributed by atoms with Crippen molar-refractivity contribution in [3.63, 3.8) is 0 Å². The predicted octanol–water partition coefficient (Wildman–Crippen LogP) is 2.99. The summed E-state index contributed by atoms with van der Waals surface area (Å²) in [6.07, 6.45) is 1.18. The maximum atomic E-state index is 4.59. The normalized spacial score (nSPS) is 13.2. The highest BCUT2D eigenvalue weighted by Gasteiger charge is 2.13. The lowest BCUT2D eigenvalue weighted by molar-refractivity contribution is 0.197. The first-order chi connectivity index (χ1) is 9.02. The topological polar surface area (TPSA) is 28.2 Å². The summed E-state index contributed by atoms with van der Waals surface area (Å²) in [5.41, 5.74) is 2.27. The lowest BCUT2D eigenvalue weighted by Crippen LogP contribution is -2.36. The van der Waals surface area contributed by atoms with E-state index in [1.54, 1.807) is 0 Å². The molecule has 0 fully saturated rings. The van der Waals surface area contributed by atoms with Gasteiger partial charge in [-0.05, 0) is 45.5 Å². The molecule has 1 aromatic heterocycles. The van der Waals surface area contributed by atoms with Crippen molar-refractivity contribution in [2.75, 3.05) is 13.1 Å². The summed E-state index contributed by atoms with van der Waals surface area (Å²) in [6, 6.07) is 7.42. The molecule has 0 saturated heterocycles. The zero-order valence-corrected chi connectivity index (χ0v) is 13.1. The third-order valence-electron chi connectivity index (χ3n) is 3.46. The molecule has 0 aliphatic rings. The molecule has 0 radical (unpaired) electrons. The number of aryl methyl sites for hydroxylation is 1. The summed E-state index contributed by atoms with van der Waals surface area (Å²) in [7, 11) is 0. The molecule has 0 spiro atoms. The minimum Gasteiger partial charge on any atom is -0.314 e. The van der Waals surface area contributed by atoms with Crippen LogP contribution in [0.5, 0.6) is 0 Å². The lowest BCUT2D eigenvalue weighted by atomic mass is 10.1. The van der Waals surface area contributed by atoms with E-state index in [1.165, 1.54) is 12.1 Å². The van der Waals surface area contributed by atoms with Crippen molar-refractivity contribution in [1.29, 1.82) is 0 Å². The summed E-state index contributed by atoms with van der Waals surface area (Å²) in [6.45, 7) is 14.1. The molecule has 1 aromatic rings. The number of hydrogen-bond donors (Lipinski definition) is 1. The Hall–Kier alpha value is -0.930. The number of aromatic nitrogens is 1. The van der Waals surface area contributed by atoms with Gasteiger partial charge in [0, 0.05) is 24.3 Å². The fourth-order valence-electron chi connectivity index (χ4n) is 2.24. The molecule has 3 nitrogen and oxygen atoms in total. The van der Waals surface area contributed by atoms with Crippen molar-refractivity contribution in [3.8, 4) is 0 Å². The highest BCUT2D eigenvalue weighted by atomic mass is 15.2. The summed E-state index contributed by atoms with van der Waals surface area (Å²) < 4.78 is 0. The number of hydrogen-bond acceptors (Lipinski definition) is 3. The molecule has 1 N–H and O–H groups in total. The number of rotatable bonds is 8. The number of pyridine rings is 1. The molecule has 0 aliphatic heterocycles. The van der Waals surface area contributed by atoms with E-state index < -0.39 is 0 Å². The Bertz CT molecular complexity index is 363. The van der Waals surface area contributed by atoms with Crippen LogP contribution in [0.2, 0.25) is 0 Å². The van der Waals surface area contributed by atoms with Crippen LogP contribution in [0.3, 0.4) is 0 Å². The minimum atomic E-state index is 0.570. The summed E-state index contributed by atoms with van der Waals surface area (Å²) >= 11 is 0. The van der Waals surface area contributed by atoms with Gasteiger partial charge in [-0.15, -0.1) is 0 Å². The molecule has 0 aliphatic carbocycles. The average Bonchev–Trinajstić information content (AvgIpc) is 2.35. The van der Waals surface area contributed by atoms with E-state index in [0.717, 1.165) is 25.3 Å². The smallest absolute Gasteiger partial charge is 0.0547 e. The first-order valence-electron chi connectivity index (χ1n) is 7.43. The van der Waals surface area contributed by atoms with Crippen LogP contribution in [-0.4, -0.2) is 35.1 Å². The van der Waals surface area contributed by atoms with Gasteiger partial charge in [0.25, 0.3) is 0 Å². The zero-order valence-electron chi connectivity index (χ0n) is 13.1. The molecular weight excluding hydrogens is 234 g/mol. The van der Waals surface area contributed by atoms with Crippen molar-refractivity contribution in [2.24, 2.45) is 0 Å². The zero-order chi connectivity index (χ0) is 14.3. The monoisotopic (exact) mass is 263 g/mol. The van der Waals surface area contributed by atoms with Gasteiger partial charge in [0.05, 0.1) is 5.69 Å². The second kappa shape index (κ2) is 8.28. The standard InChI is InChI=1S/C16H29N3/c1-6-19(15(5)10-11-17-13(2)3)12-16-9-7-8-14(4)18-16/h7-9,13,15,17H,6,10-12H2,1-5H3. The van der Waals surface area contributed by atoms with Gasteiger partial charge < -0.3 is 5.32 Å². The van der Waals surface area contributed by atoms with Gasteiger partial charge in [-0.25, -0.2) is 0 Å². The molecule has 0 saturated carbocycles. The van der Waals surface area contributed by atoms with Crippen molar-refractivity contribution in [3.05, 3.63) is 29.6 Å². The van der Waals surface area contributed by atoms with E-state index in [0.29, 0.717) is 12.1 Å². The van der Waals surface area contributed by atoms with Crippen LogP contribution in [0.4, 0.5) is 0 Å². The summed E-state index contributed by atoms with van der Waals surface area (Å²) in [4.78, 5) is 7.08. The summed E-state index contributed by atoms with van der Waals surface area (Å²) in [5, 5.41) is 3.49. The number of nitrogens with zero attached hydrogens (tertiary/aromatic N) is 2. The van der Waals surface area contributed by atoms with E-state index in [1.807, 2.05) is 0 Å². The van der Waals surface area contributed by atoms with Crippen LogP contribution in [0.25, 0.3) is 0 Å². The van der Waals surface area contributed by atoms with Crippen LogP contribution >= 0.6 is 0 Å². The van der Waals surface area contributed by atoms with Crippen LogP contribution in [-0.2, 0) is 6.54 Å². The Morgan fingerprint density at radius 2 is 2.00 bits per heavy atom. The van der Waals surface area contributed by atoms with Crippen LogP contribution in [0, 0.1) is 6.92 Å². The SMILES string of the molecule is CCN(Cc1cccc(C)n1)C(C)CCNC(C)C. The van der Waals surface area contributed by atoms with Gasteiger partial charge in [0.2, 0.25) is 0 Å². The van der Waals surface area contributed by atoms with Gasteiger partial charge in [-0.3, -0.25) is 9.88 Å². The summed E-state index contributed by atoms with van der Waals surface area (Å²) in [5.74, 6) is 0. The van der Waals surface area contributed by atoms with E-state index in [9.17, 15) is 0 Å². The second-order valence-electron chi connectivity index (χ2n) is 5.58. The fraction of sp³-hybridized carbons (Fsp3) is 0.688. The molecule has 19 heavy (non-hydrogen) atoms. The van der Waals surface area contributed by atoms with E-state index in [4.69, 9.17) is 0 Å². The molecule has 0 bridgehead atoms. The maximum Gasteiger partial charge on any atom is 0.0547 e. The Morgan fingerprint density at radius 1 is 1.26 bits per heavy atom. The van der Waals surface area contributed by atoms with Crippen LogP contribution in [0.15, 0.2) is 18.2 Å². The van der Waals surface area contributed by atoms with Gasteiger partial charge in [0.1, 0.15) is 0 Å². The first kappa shape index (κ1) is 16.1. The average molecular weight is 263 g/mol. The Morgan fingerprint density at radius 3 is 2.58 bits per heavy atom. The highest BCUT2D eigenvalue weighted by Crippen LogP contribution is 2.09. The van der Waals surface area contributed by atoms with Crippen molar-refractivity contribution in [1.82, 2.24) is 15.2 Å². The molecule has 0 amide bonds. The lowest BCUT2D eigenvalue weighted by Gasteiger charge is -2.28. The maximum absolute atomic E-state index is 4.59. The van der Waals surface area contributed by atoms with Crippen molar-refractivity contribution in [2.45, 2.75) is 59.7 Å². The molecule has 108 valence electrons. The Balaban J connectivity index is 2.48. The minimum absolute atomic E-state index is 0.570. The highest BCUT2D eigenvalue weighted by molar-refractivity contribution is 5.09. The molecule has 1 atom stereocenters. The van der Waals surface area contributed by atoms with E-state index >= 15 is 0 Å². The van der Waals surface area contributed by atoms with Gasteiger partial charge in [0.15, 0.2) is 0 Å². The van der Waals surface area contributed by atoms with E-state index in [-0.39, 0.29) is 0 Å². The third kappa shape index (κ3) is 6.17. The fourth-order valence-corrected chi connectivity index (χ4v) is 2.24. The predicted molar refractivity (Wildman–Crippen MR) is 82.3 cm³/mol. The molecule has 1 heterocycles. The van der Waals surface area contributed by atoms with Gasteiger partial charge in [-0.1, -0.05) is 26.8 Å². The largest absolute Gasteiger partial charge is 0.314 e. The quantitative estimate of drug-likeness (QED) is 0.781. The molecule has 3 heteroatoms. The van der Waals surface area contributed by atoms with Crippen LogP contribution in [0.1, 0.15) is 45.5 Å². The number of nitrogens with one attached hydrogen (secondary N) is 1. The molecular formula is C16H29N3. The molecule has 1 rings (SSSR count). The Labute approximate surface area is 118 Å². The first-order valence-corrected chi connectivity index (χ1v) is 7.43. The van der Waals surface area contributed by atoms with Gasteiger partial charge in [-0.2, -0.15) is 0 Å². The van der Waals surface area contributed by atoms with Crippen molar-refractivity contribution >= 4 is 0 Å². The van der Waals surface area contributed by atoms with Crippen LogP contribution < -0.4 is 5.32 Å². The second-order valence-corrected chi connectivity index (χ2v) is 5.58.